The SMILES string of the molecule is CCCCCCCCCCCCc1ccsc1-c1sc(-c2ccc(-c3cc(CCCCCCCCCCCC)c(-c4sccc4CCCCCCCCCCCC)s3)c3cccc-3c2)cc1CCCCCCCCCCCC. The highest BCUT2D eigenvalue weighted by Crippen LogP contribution is 2.48. The van der Waals surface area contributed by atoms with Crippen molar-refractivity contribution >= 4 is 45.3 Å². The molecule has 0 aromatic carbocycles. The van der Waals surface area contributed by atoms with Gasteiger partial charge in [0, 0.05) is 29.3 Å². The Hall–Kier alpha value is -2.50. The molecule has 4 heterocycles. The summed E-state index contributed by atoms with van der Waals surface area (Å²) in [5.41, 5.74) is 11.9. The Morgan fingerprint density at radius 2 is 0.590 bits per heavy atom. The van der Waals surface area contributed by atoms with E-state index in [4.69, 9.17) is 0 Å². The van der Waals surface area contributed by atoms with Crippen LogP contribution in [0.15, 0.2) is 71.4 Å². The van der Waals surface area contributed by atoms with Gasteiger partial charge in [0.2, 0.25) is 0 Å². The molecule has 2 aliphatic carbocycles. The number of rotatable bonds is 48. The van der Waals surface area contributed by atoms with E-state index in [-0.39, 0.29) is 0 Å². The standard InChI is InChI=1S/C74H112S4/c1-5-9-13-17-21-25-29-33-37-41-46-61-54-56-75-71(61)73-65(48-43-39-35-31-27-23-19-15-11-7-3)59-69(77-73)64-52-53-68(67-51-45-50-63(67)58-64)70-60-66(49-44-40-36-32-28-24-20-16-12-8-4)74(78-70)72-62(55-57-76-72)47-42-38-34-30-26-22-18-14-10-6-2/h45,50-60H,5-44,46-49H2,1-4H3. The predicted octanol–water partition coefficient (Wildman–Crippen LogP) is 27.6. The van der Waals surface area contributed by atoms with E-state index in [1.165, 1.54) is 315 Å². The first-order chi connectivity index (χ1) is 38.6. The molecule has 432 valence electrons. The third-order valence-electron chi connectivity index (χ3n) is 17.2. The van der Waals surface area contributed by atoms with E-state index in [1.54, 1.807) is 41.8 Å². The molecule has 0 spiro atoms. The smallest absolute Gasteiger partial charge is 0.0483 e. The van der Waals surface area contributed by atoms with Crippen LogP contribution in [0.1, 0.15) is 307 Å². The van der Waals surface area contributed by atoms with Crippen LogP contribution < -0.4 is 0 Å². The van der Waals surface area contributed by atoms with Crippen molar-refractivity contribution in [3.8, 4) is 51.5 Å². The summed E-state index contributed by atoms with van der Waals surface area (Å²) in [6.45, 7) is 9.30. The second kappa shape index (κ2) is 40.7. The van der Waals surface area contributed by atoms with Gasteiger partial charge in [0.05, 0.1) is 0 Å². The molecule has 78 heavy (non-hydrogen) atoms. The zero-order chi connectivity index (χ0) is 54.5. The second-order valence-corrected chi connectivity index (χ2v) is 27.9. The Balaban J connectivity index is 1.19. The highest BCUT2D eigenvalue weighted by molar-refractivity contribution is 7.24. The molecule has 6 rings (SSSR count). The fourth-order valence-corrected chi connectivity index (χ4v) is 17.0. The molecule has 4 aromatic heterocycles. The van der Waals surface area contributed by atoms with Crippen molar-refractivity contribution in [1.29, 1.82) is 0 Å². The Bertz CT molecular complexity index is 2360. The molecule has 0 amide bonds. The predicted molar refractivity (Wildman–Crippen MR) is 359 cm³/mol. The van der Waals surface area contributed by atoms with E-state index in [0.29, 0.717) is 0 Å². The zero-order valence-corrected chi connectivity index (χ0v) is 53.9. The normalized spacial score (nSPS) is 11.8. The van der Waals surface area contributed by atoms with Gasteiger partial charge in [-0.25, -0.2) is 0 Å². The topological polar surface area (TPSA) is 0 Å². The number of thiophene rings is 4. The maximum absolute atomic E-state index is 2.64. The van der Waals surface area contributed by atoms with E-state index in [0.717, 1.165) is 0 Å². The van der Waals surface area contributed by atoms with Gasteiger partial charge in [-0.3, -0.25) is 0 Å². The Kier molecular flexibility index (Phi) is 33.7. The summed E-state index contributed by atoms with van der Waals surface area (Å²) in [4.78, 5) is 9.14. The molecule has 0 saturated heterocycles. The van der Waals surface area contributed by atoms with Crippen molar-refractivity contribution in [3.05, 3.63) is 93.7 Å². The molecule has 0 aliphatic heterocycles. The Morgan fingerprint density at radius 1 is 0.256 bits per heavy atom. The largest absolute Gasteiger partial charge is 0.143 e. The summed E-state index contributed by atoms with van der Waals surface area (Å²) in [5, 5.41) is 4.79. The van der Waals surface area contributed by atoms with Crippen LogP contribution in [0, 0.1) is 0 Å². The van der Waals surface area contributed by atoms with Gasteiger partial charge in [0.1, 0.15) is 0 Å². The molecule has 2 aliphatic rings. The maximum atomic E-state index is 2.64. The average molecular weight is 1130 g/mol. The highest BCUT2D eigenvalue weighted by Gasteiger charge is 2.21. The van der Waals surface area contributed by atoms with E-state index >= 15 is 0 Å². The molecule has 4 heteroatoms. The van der Waals surface area contributed by atoms with Crippen LogP contribution in [0.4, 0.5) is 0 Å². The average Bonchev–Trinajstić information content (AvgIpc) is 4.36. The lowest BCUT2D eigenvalue weighted by Gasteiger charge is -2.07. The molecule has 4 aromatic rings. The van der Waals surface area contributed by atoms with Gasteiger partial charge in [0.25, 0.3) is 0 Å². The Morgan fingerprint density at radius 3 is 0.974 bits per heavy atom. The molecular weight excluding hydrogens is 1020 g/mol. The quantitative estimate of drug-likeness (QED) is 0.0334. The third-order valence-corrected chi connectivity index (χ3v) is 21.8. The molecule has 0 atom stereocenters. The van der Waals surface area contributed by atoms with Crippen LogP contribution >= 0.6 is 45.3 Å². The first-order valence-electron chi connectivity index (χ1n) is 33.6. The van der Waals surface area contributed by atoms with Crippen LogP contribution in [0.25, 0.3) is 51.5 Å². The van der Waals surface area contributed by atoms with Crippen LogP contribution in [-0.2, 0) is 25.7 Å². The molecule has 0 N–H and O–H groups in total. The minimum atomic E-state index is 1.19. The number of hydrogen-bond acceptors (Lipinski definition) is 4. The maximum Gasteiger partial charge on any atom is 0.0483 e. The van der Waals surface area contributed by atoms with Crippen molar-refractivity contribution < 1.29 is 0 Å². The first kappa shape index (κ1) is 64.7. The van der Waals surface area contributed by atoms with Crippen molar-refractivity contribution in [2.75, 3.05) is 0 Å². The summed E-state index contributed by atoms with van der Waals surface area (Å²) >= 11 is 8.20. The second-order valence-electron chi connectivity index (χ2n) is 23.9. The van der Waals surface area contributed by atoms with E-state index in [2.05, 4.69) is 122 Å². The van der Waals surface area contributed by atoms with Crippen molar-refractivity contribution in [3.63, 3.8) is 0 Å². The minimum absolute atomic E-state index is 1.19. The molecule has 0 bridgehead atoms. The third kappa shape index (κ3) is 23.4. The lowest BCUT2D eigenvalue weighted by molar-refractivity contribution is 0.556. The first-order valence-corrected chi connectivity index (χ1v) is 37.0. The zero-order valence-electron chi connectivity index (χ0n) is 50.7. The number of fused-ring (bicyclic) bond motifs is 1. The lowest BCUT2D eigenvalue weighted by atomic mass is 10.00. The summed E-state index contributed by atoms with van der Waals surface area (Å²) in [7, 11) is 0. The van der Waals surface area contributed by atoms with Gasteiger partial charge in [-0.15, -0.1) is 45.3 Å². The number of unbranched alkanes of at least 4 members (excludes halogenated alkanes) is 36. The number of aryl methyl sites for hydroxylation is 4. The minimum Gasteiger partial charge on any atom is -0.143 e. The van der Waals surface area contributed by atoms with Gasteiger partial charge in [0.15, 0.2) is 0 Å². The van der Waals surface area contributed by atoms with Crippen LogP contribution in [0.5, 0.6) is 0 Å². The van der Waals surface area contributed by atoms with Crippen molar-refractivity contribution in [2.24, 2.45) is 0 Å². The fraction of sp³-hybridized carbons (Fsp3) is 0.649. The monoisotopic (exact) mass is 1130 g/mol. The molecule has 0 saturated carbocycles. The summed E-state index contributed by atoms with van der Waals surface area (Å²) < 4.78 is 0. The van der Waals surface area contributed by atoms with Crippen molar-refractivity contribution in [2.45, 2.75) is 310 Å². The van der Waals surface area contributed by atoms with E-state index < -0.39 is 0 Å². The van der Waals surface area contributed by atoms with Gasteiger partial charge in [-0.1, -0.05) is 289 Å². The van der Waals surface area contributed by atoms with Crippen LogP contribution in [0.3, 0.4) is 0 Å². The summed E-state index contributed by atoms with van der Waals surface area (Å²) in [6.07, 6.45) is 60.5. The number of hydrogen-bond donors (Lipinski definition) is 0. The van der Waals surface area contributed by atoms with E-state index in [9.17, 15) is 0 Å². The van der Waals surface area contributed by atoms with Gasteiger partial charge in [-0.05, 0) is 137 Å². The summed E-state index contributed by atoms with van der Waals surface area (Å²) in [6, 6.07) is 24.8. The molecule has 0 unspecified atom stereocenters. The Labute approximate surface area is 497 Å². The van der Waals surface area contributed by atoms with Gasteiger partial charge < -0.3 is 0 Å². The van der Waals surface area contributed by atoms with Crippen LogP contribution in [-0.4, -0.2) is 0 Å². The van der Waals surface area contributed by atoms with Crippen molar-refractivity contribution in [1.82, 2.24) is 0 Å². The molecule has 0 fully saturated rings. The van der Waals surface area contributed by atoms with Gasteiger partial charge >= 0.3 is 0 Å². The summed E-state index contributed by atoms with van der Waals surface area (Å²) in [5.74, 6) is 0. The van der Waals surface area contributed by atoms with E-state index in [1.807, 2.05) is 22.7 Å². The lowest BCUT2D eigenvalue weighted by Crippen LogP contribution is -1.90. The highest BCUT2D eigenvalue weighted by atomic mass is 32.1. The molecule has 0 radical (unpaired) electrons. The molecule has 0 nitrogen and oxygen atoms in total. The van der Waals surface area contributed by atoms with Gasteiger partial charge in [-0.2, -0.15) is 0 Å². The molecular formula is C74H112S4. The van der Waals surface area contributed by atoms with Crippen LogP contribution in [0.2, 0.25) is 0 Å². The fourth-order valence-electron chi connectivity index (χ4n) is 12.2.